The summed E-state index contributed by atoms with van der Waals surface area (Å²) < 4.78 is 1.50. The van der Waals surface area contributed by atoms with Crippen LogP contribution in [-0.4, -0.2) is 39.6 Å². The van der Waals surface area contributed by atoms with Crippen LogP contribution in [0.5, 0.6) is 0 Å². The van der Waals surface area contributed by atoms with Crippen LogP contribution in [0.2, 0.25) is 0 Å². The first-order valence-corrected chi connectivity index (χ1v) is 6.95. The fourth-order valence-corrected chi connectivity index (χ4v) is 2.23. The Labute approximate surface area is 128 Å². The smallest absolute Gasteiger partial charge is 0.191 e. The summed E-state index contributed by atoms with van der Waals surface area (Å²) in [5.74, 6) is -0.0875. The minimum atomic E-state index is -0.0875. The summed E-state index contributed by atoms with van der Waals surface area (Å²) in [5.41, 5.74) is 2.81. The quantitative estimate of drug-likeness (QED) is 0.548. The SMILES string of the molecule is CN(C)/C=C/C(=O)c1c(-c2ccccc2)nn2ncccc12. The molecule has 0 saturated heterocycles. The van der Waals surface area contributed by atoms with Crippen molar-refractivity contribution in [2.45, 2.75) is 0 Å². The van der Waals surface area contributed by atoms with Gasteiger partial charge in [-0.25, -0.2) is 0 Å². The first-order valence-electron chi connectivity index (χ1n) is 6.95. The van der Waals surface area contributed by atoms with E-state index in [1.54, 1.807) is 24.5 Å². The van der Waals surface area contributed by atoms with Gasteiger partial charge in [-0.1, -0.05) is 30.3 Å². The lowest BCUT2D eigenvalue weighted by atomic mass is 10.0. The maximum atomic E-state index is 12.6. The summed E-state index contributed by atoms with van der Waals surface area (Å²) in [6, 6.07) is 13.3. The molecule has 0 aliphatic rings. The van der Waals surface area contributed by atoms with E-state index in [4.69, 9.17) is 0 Å². The van der Waals surface area contributed by atoms with Crippen molar-refractivity contribution in [1.82, 2.24) is 19.7 Å². The fourth-order valence-electron chi connectivity index (χ4n) is 2.23. The highest BCUT2D eigenvalue weighted by Crippen LogP contribution is 2.26. The van der Waals surface area contributed by atoms with Crippen molar-refractivity contribution in [1.29, 1.82) is 0 Å². The summed E-state index contributed by atoms with van der Waals surface area (Å²) >= 11 is 0. The Kier molecular flexibility index (Phi) is 3.70. The second-order valence-electron chi connectivity index (χ2n) is 5.13. The Balaban J connectivity index is 2.20. The number of nitrogens with zero attached hydrogens (tertiary/aromatic N) is 4. The van der Waals surface area contributed by atoms with Gasteiger partial charge in [-0.15, -0.1) is 5.10 Å². The zero-order chi connectivity index (χ0) is 15.5. The average Bonchev–Trinajstić information content (AvgIpc) is 2.93. The molecule has 3 aromatic rings. The molecule has 0 amide bonds. The van der Waals surface area contributed by atoms with E-state index in [1.807, 2.05) is 55.4 Å². The van der Waals surface area contributed by atoms with Crippen LogP contribution in [0.15, 0.2) is 60.9 Å². The lowest BCUT2D eigenvalue weighted by Gasteiger charge is -2.03. The second kappa shape index (κ2) is 5.81. The number of carbonyl (C=O) groups is 1. The summed E-state index contributed by atoms with van der Waals surface area (Å²) in [4.78, 5) is 14.4. The first kappa shape index (κ1) is 14.0. The van der Waals surface area contributed by atoms with Gasteiger partial charge >= 0.3 is 0 Å². The Morgan fingerprint density at radius 2 is 1.91 bits per heavy atom. The standard InChI is InChI=1S/C17H16N4O/c1-20(2)12-10-15(22)16-14-9-6-11-18-21(14)19-17(16)13-7-4-3-5-8-13/h3-12H,1-2H3/b12-10+. The number of fused-ring (bicyclic) bond motifs is 1. The van der Waals surface area contributed by atoms with Crippen LogP contribution in [0, 0.1) is 0 Å². The molecule has 0 aliphatic heterocycles. The maximum Gasteiger partial charge on any atom is 0.191 e. The van der Waals surface area contributed by atoms with E-state index >= 15 is 0 Å². The average molecular weight is 292 g/mol. The predicted molar refractivity (Wildman–Crippen MR) is 85.6 cm³/mol. The highest BCUT2D eigenvalue weighted by molar-refractivity contribution is 6.13. The van der Waals surface area contributed by atoms with Crippen molar-refractivity contribution >= 4 is 11.3 Å². The lowest BCUT2D eigenvalue weighted by molar-refractivity contribution is 0.104. The monoisotopic (exact) mass is 292 g/mol. The van der Waals surface area contributed by atoms with Crippen LogP contribution in [0.1, 0.15) is 10.4 Å². The van der Waals surface area contributed by atoms with Crippen molar-refractivity contribution in [3.8, 4) is 11.3 Å². The predicted octanol–water partition coefficient (Wildman–Crippen LogP) is 2.65. The number of benzene rings is 1. The van der Waals surface area contributed by atoms with Crippen molar-refractivity contribution in [2.75, 3.05) is 14.1 Å². The number of carbonyl (C=O) groups excluding carboxylic acids is 1. The van der Waals surface area contributed by atoms with E-state index in [0.717, 1.165) is 5.56 Å². The minimum absolute atomic E-state index is 0.0875. The van der Waals surface area contributed by atoms with Crippen molar-refractivity contribution in [3.05, 3.63) is 66.5 Å². The number of ketones is 1. The van der Waals surface area contributed by atoms with Crippen molar-refractivity contribution in [2.24, 2.45) is 0 Å². The van der Waals surface area contributed by atoms with Crippen LogP contribution in [0.25, 0.3) is 16.8 Å². The summed E-state index contributed by atoms with van der Waals surface area (Å²) in [7, 11) is 3.75. The normalized spacial score (nSPS) is 11.2. The van der Waals surface area contributed by atoms with Gasteiger partial charge in [0, 0.05) is 38.1 Å². The Morgan fingerprint density at radius 3 is 2.64 bits per heavy atom. The Hall–Kier alpha value is -2.95. The molecule has 0 spiro atoms. The van der Waals surface area contributed by atoms with Crippen LogP contribution in [0.3, 0.4) is 0 Å². The molecule has 1 aromatic carbocycles. The highest BCUT2D eigenvalue weighted by atomic mass is 16.1. The molecule has 0 N–H and O–H groups in total. The number of allylic oxidation sites excluding steroid dienone is 1. The van der Waals surface area contributed by atoms with Gasteiger partial charge in [-0.3, -0.25) is 4.79 Å². The molecular weight excluding hydrogens is 276 g/mol. The largest absolute Gasteiger partial charge is 0.383 e. The molecular formula is C17H16N4O. The molecule has 2 aromatic heterocycles. The van der Waals surface area contributed by atoms with Gasteiger partial charge in [0.05, 0.1) is 11.1 Å². The van der Waals surface area contributed by atoms with E-state index in [0.29, 0.717) is 16.8 Å². The fraction of sp³-hybridized carbons (Fsp3) is 0.118. The van der Waals surface area contributed by atoms with Gasteiger partial charge in [0.15, 0.2) is 5.78 Å². The van der Waals surface area contributed by atoms with E-state index in [-0.39, 0.29) is 5.78 Å². The molecule has 3 rings (SSSR count). The molecule has 0 saturated carbocycles. The lowest BCUT2D eigenvalue weighted by Crippen LogP contribution is -2.03. The van der Waals surface area contributed by atoms with Gasteiger partial charge in [0.2, 0.25) is 0 Å². The van der Waals surface area contributed by atoms with Crippen molar-refractivity contribution < 1.29 is 4.79 Å². The number of rotatable bonds is 4. The molecule has 0 atom stereocenters. The van der Waals surface area contributed by atoms with Gasteiger partial charge < -0.3 is 4.90 Å². The van der Waals surface area contributed by atoms with Crippen LogP contribution >= 0.6 is 0 Å². The zero-order valence-electron chi connectivity index (χ0n) is 12.5. The third kappa shape index (κ3) is 2.61. The first-order chi connectivity index (χ1) is 10.7. The van der Waals surface area contributed by atoms with E-state index in [2.05, 4.69) is 10.2 Å². The van der Waals surface area contributed by atoms with Crippen LogP contribution < -0.4 is 0 Å². The molecule has 0 bridgehead atoms. The summed E-state index contributed by atoms with van der Waals surface area (Å²) in [6.45, 7) is 0. The van der Waals surface area contributed by atoms with E-state index in [1.165, 1.54) is 4.63 Å². The highest BCUT2D eigenvalue weighted by Gasteiger charge is 2.19. The molecule has 22 heavy (non-hydrogen) atoms. The maximum absolute atomic E-state index is 12.6. The Bertz CT molecular complexity index is 834. The Morgan fingerprint density at radius 1 is 1.14 bits per heavy atom. The van der Waals surface area contributed by atoms with E-state index in [9.17, 15) is 4.79 Å². The van der Waals surface area contributed by atoms with Gasteiger partial charge in [-0.2, -0.15) is 9.73 Å². The molecule has 0 radical (unpaired) electrons. The number of aromatic nitrogens is 3. The van der Waals surface area contributed by atoms with Gasteiger partial charge in [0.1, 0.15) is 5.69 Å². The second-order valence-corrected chi connectivity index (χ2v) is 5.13. The van der Waals surface area contributed by atoms with E-state index < -0.39 is 0 Å². The number of hydrogen-bond acceptors (Lipinski definition) is 4. The molecule has 5 heteroatoms. The topological polar surface area (TPSA) is 50.5 Å². The number of hydrogen-bond donors (Lipinski definition) is 0. The van der Waals surface area contributed by atoms with Gasteiger partial charge in [-0.05, 0) is 12.1 Å². The molecule has 0 unspecified atom stereocenters. The van der Waals surface area contributed by atoms with Gasteiger partial charge in [0.25, 0.3) is 0 Å². The van der Waals surface area contributed by atoms with Crippen molar-refractivity contribution in [3.63, 3.8) is 0 Å². The zero-order valence-corrected chi connectivity index (χ0v) is 12.5. The molecule has 2 heterocycles. The van der Waals surface area contributed by atoms with Crippen LogP contribution in [-0.2, 0) is 0 Å². The summed E-state index contributed by atoms with van der Waals surface area (Å²) in [5, 5.41) is 8.65. The minimum Gasteiger partial charge on any atom is -0.383 e. The third-order valence-electron chi connectivity index (χ3n) is 3.24. The summed E-state index contributed by atoms with van der Waals surface area (Å²) in [6.07, 6.45) is 4.94. The van der Waals surface area contributed by atoms with Crippen LogP contribution in [0.4, 0.5) is 0 Å². The molecule has 0 fully saturated rings. The third-order valence-corrected chi connectivity index (χ3v) is 3.24. The molecule has 0 aliphatic carbocycles. The molecule has 5 nitrogen and oxygen atoms in total. The molecule has 110 valence electrons.